The molecule has 0 saturated heterocycles. The summed E-state index contributed by atoms with van der Waals surface area (Å²) in [5, 5.41) is 8.62. The van der Waals surface area contributed by atoms with Crippen molar-refractivity contribution < 1.29 is 8.42 Å². The van der Waals surface area contributed by atoms with Crippen LogP contribution in [0.1, 0.15) is 6.92 Å². The third-order valence-electron chi connectivity index (χ3n) is 1.87. The first-order valence-corrected chi connectivity index (χ1v) is 6.98. The van der Waals surface area contributed by atoms with Crippen LogP contribution in [0.15, 0.2) is 10.4 Å². The summed E-state index contributed by atoms with van der Waals surface area (Å²) in [6.07, 6.45) is 1.22. The van der Waals surface area contributed by atoms with Crippen molar-refractivity contribution in [2.24, 2.45) is 5.92 Å². The van der Waals surface area contributed by atoms with Gasteiger partial charge in [0.25, 0.3) is 10.0 Å². The normalized spacial score (nSPS) is 13.7. The number of halogens is 1. The molecule has 0 aromatic carbocycles. The summed E-state index contributed by atoms with van der Waals surface area (Å²) in [6, 6.07) is 1.98. The molecule has 1 atom stereocenters. The van der Waals surface area contributed by atoms with Crippen LogP contribution in [-0.2, 0) is 10.0 Å². The van der Waals surface area contributed by atoms with E-state index in [9.17, 15) is 8.42 Å². The quantitative estimate of drug-likeness (QED) is 0.839. The molecule has 0 saturated carbocycles. The highest BCUT2D eigenvalue weighted by Gasteiger charge is 2.24. The lowest BCUT2D eigenvalue weighted by atomic mass is 10.2. The van der Waals surface area contributed by atoms with E-state index in [2.05, 4.69) is 4.98 Å². The molecule has 1 aromatic heterocycles. The van der Waals surface area contributed by atoms with Crippen LogP contribution < -0.4 is 0 Å². The van der Waals surface area contributed by atoms with Crippen LogP contribution in [0.2, 0.25) is 4.47 Å². The first kappa shape index (κ1) is 13.4. The molecule has 8 heteroatoms. The minimum Gasteiger partial charge on any atom is -0.232 e. The predicted octanol–water partition coefficient (Wildman–Crippen LogP) is 1.58. The second kappa shape index (κ2) is 5.10. The molecule has 0 amide bonds. The molecule has 0 aliphatic carbocycles. The fourth-order valence-corrected chi connectivity index (χ4v) is 3.80. The van der Waals surface area contributed by atoms with Crippen LogP contribution >= 0.6 is 22.9 Å². The summed E-state index contributed by atoms with van der Waals surface area (Å²) in [7, 11) is -2.14. The number of aromatic nitrogens is 1. The molecule has 0 spiro atoms. The highest BCUT2D eigenvalue weighted by molar-refractivity contribution is 7.91. The van der Waals surface area contributed by atoms with E-state index >= 15 is 0 Å². The lowest BCUT2D eigenvalue weighted by Gasteiger charge is -2.16. The van der Waals surface area contributed by atoms with Crippen molar-refractivity contribution >= 4 is 33.0 Å². The number of nitrogens with zero attached hydrogens (tertiary/aromatic N) is 3. The van der Waals surface area contributed by atoms with Crippen LogP contribution in [0.5, 0.6) is 0 Å². The Morgan fingerprint density at radius 2 is 2.38 bits per heavy atom. The second-order valence-corrected chi connectivity index (χ2v) is 7.13. The molecule has 16 heavy (non-hydrogen) atoms. The molecular formula is C8H10ClN3O2S2. The Morgan fingerprint density at radius 3 is 2.81 bits per heavy atom. The zero-order valence-corrected chi connectivity index (χ0v) is 11.1. The Kier molecular flexibility index (Phi) is 4.27. The van der Waals surface area contributed by atoms with Crippen molar-refractivity contribution in [3.05, 3.63) is 10.7 Å². The third kappa shape index (κ3) is 2.92. The van der Waals surface area contributed by atoms with E-state index in [1.807, 2.05) is 6.07 Å². The molecule has 1 heterocycles. The maximum Gasteiger partial charge on any atom is 0.254 e. The topological polar surface area (TPSA) is 74.1 Å². The zero-order valence-electron chi connectivity index (χ0n) is 8.71. The standard InChI is InChI=1S/C8H10ClN3O2S2/c1-6(3-10)5-12(2)16(13,14)7-4-11-8(9)15-7/h4,6H,5H2,1-2H3. The van der Waals surface area contributed by atoms with Gasteiger partial charge in [0.1, 0.15) is 0 Å². The number of rotatable bonds is 4. The van der Waals surface area contributed by atoms with Gasteiger partial charge in [-0.3, -0.25) is 0 Å². The fraction of sp³-hybridized carbons (Fsp3) is 0.500. The predicted molar refractivity (Wildman–Crippen MR) is 61.7 cm³/mol. The highest BCUT2D eigenvalue weighted by atomic mass is 35.5. The summed E-state index contributed by atoms with van der Waals surface area (Å²) < 4.78 is 25.2. The summed E-state index contributed by atoms with van der Waals surface area (Å²) in [6.45, 7) is 1.81. The number of hydrogen-bond donors (Lipinski definition) is 0. The van der Waals surface area contributed by atoms with Crippen LogP contribution in [-0.4, -0.2) is 31.3 Å². The molecule has 0 aliphatic rings. The van der Waals surface area contributed by atoms with Crippen LogP contribution in [0.25, 0.3) is 0 Å². The van der Waals surface area contributed by atoms with E-state index in [1.54, 1.807) is 6.92 Å². The SMILES string of the molecule is CC(C#N)CN(C)S(=O)(=O)c1cnc(Cl)s1. The van der Waals surface area contributed by atoms with Gasteiger partial charge < -0.3 is 0 Å². The number of thiazole rings is 1. The van der Waals surface area contributed by atoms with Crippen molar-refractivity contribution in [2.45, 2.75) is 11.1 Å². The van der Waals surface area contributed by atoms with Crippen molar-refractivity contribution in [2.75, 3.05) is 13.6 Å². The summed E-state index contributed by atoms with van der Waals surface area (Å²) in [5.41, 5.74) is 0. The first-order valence-electron chi connectivity index (χ1n) is 4.35. The molecule has 0 N–H and O–H groups in total. The average Bonchev–Trinajstić information content (AvgIpc) is 2.65. The van der Waals surface area contributed by atoms with E-state index in [4.69, 9.17) is 16.9 Å². The molecule has 1 unspecified atom stereocenters. The molecule has 0 aliphatic heterocycles. The monoisotopic (exact) mass is 279 g/mol. The maximum absolute atomic E-state index is 11.9. The van der Waals surface area contributed by atoms with E-state index in [0.29, 0.717) is 0 Å². The summed E-state index contributed by atoms with van der Waals surface area (Å²) in [4.78, 5) is 3.68. The van der Waals surface area contributed by atoms with Gasteiger partial charge in [-0.25, -0.2) is 13.4 Å². The van der Waals surface area contributed by atoms with Gasteiger partial charge in [-0.05, 0) is 6.92 Å². The van der Waals surface area contributed by atoms with E-state index in [0.717, 1.165) is 15.6 Å². The van der Waals surface area contributed by atoms with Crippen molar-refractivity contribution in [3.63, 3.8) is 0 Å². The van der Waals surface area contributed by atoms with Crippen LogP contribution in [0.3, 0.4) is 0 Å². The number of sulfonamides is 1. The van der Waals surface area contributed by atoms with Crippen LogP contribution in [0.4, 0.5) is 0 Å². The number of nitriles is 1. The number of hydrogen-bond acceptors (Lipinski definition) is 5. The molecule has 0 radical (unpaired) electrons. The highest BCUT2D eigenvalue weighted by Crippen LogP contribution is 2.25. The summed E-state index contributed by atoms with van der Waals surface area (Å²) in [5.74, 6) is -0.358. The molecule has 88 valence electrons. The van der Waals surface area contributed by atoms with Gasteiger partial charge in [0.15, 0.2) is 8.68 Å². The Bertz CT molecular complexity index is 506. The molecule has 0 fully saturated rings. The molecule has 0 bridgehead atoms. The lowest BCUT2D eigenvalue weighted by Crippen LogP contribution is -2.30. The Morgan fingerprint density at radius 1 is 1.75 bits per heavy atom. The van der Waals surface area contributed by atoms with Gasteiger partial charge in [-0.15, -0.1) is 0 Å². The smallest absolute Gasteiger partial charge is 0.232 e. The summed E-state index contributed by atoms with van der Waals surface area (Å²) >= 11 is 6.48. The second-order valence-electron chi connectivity index (χ2n) is 3.25. The van der Waals surface area contributed by atoms with Gasteiger partial charge in [0.2, 0.25) is 0 Å². The minimum absolute atomic E-state index is 0.0881. The molecule has 5 nitrogen and oxygen atoms in total. The van der Waals surface area contributed by atoms with E-state index in [-0.39, 0.29) is 21.1 Å². The van der Waals surface area contributed by atoms with Gasteiger partial charge in [-0.1, -0.05) is 22.9 Å². The minimum atomic E-state index is -3.57. The lowest BCUT2D eigenvalue weighted by molar-refractivity contribution is 0.440. The van der Waals surface area contributed by atoms with E-state index in [1.165, 1.54) is 13.2 Å². The average molecular weight is 280 g/mol. The molecular weight excluding hydrogens is 270 g/mol. The third-order valence-corrected chi connectivity index (χ3v) is 5.25. The van der Waals surface area contributed by atoms with Crippen molar-refractivity contribution in [1.82, 2.24) is 9.29 Å². The van der Waals surface area contributed by atoms with Crippen molar-refractivity contribution in [1.29, 1.82) is 5.26 Å². The van der Waals surface area contributed by atoms with Gasteiger partial charge >= 0.3 is 0 Å². The Labute approximate surface area is 103 Å². The Balaban J connectivity index is 2.91. The van der Waals surface area contributed by atoms with Crippen LogP contribution in [0, 0.1) is 17.2 Å². The van der Waals surface area contributed by atoms with E-state index < -0.39 is 10.0 Å². The van der Waals surface area contributed by atoms with Gasteiger partial charge in [-0.2, -0.15) is 9.57 Å². The van der Waals surface area contributed by atoms with Gasteiger partial charge in [0.05, 0.1) is 18.2 Å². The van der Waals surface area contributed by atoms with Gasteiger partial charge in [0, 0.05) is 13.6 Å². The zero-order chi connectivity index (χ0) is 12.3. The Hall–Kier alpha value is -0.680. The molecule has 1 aromatic rings. The maximum atomic E-state index is 11.9. The first-order chi connectivity index (χ1) is 7.37. The van der Waals surface area contributed by atoms with Crippen molar-refractivity contribution in [3.8, 4) is 6.07 Å². The largest absolute Gasteiger partial charge is 0.254 e. The molecule has 1 rings (SSSR count). The fourth-order valence-electron chi connectivity index (χ4n) is 1.04.